The monoisotopic (exact) mass is 401 g/mol. The Hall–Kier alpha value is -1.43. The van der Waals surface area contributed by atoms with Gasteiger partial charge in [0.05, 0.1) is 5.56 Å². The summed E-state index contributed by atoms with van der Waals surface area (Å²) >= 11 is 0. The van der Waals surface area contributed by atoms with Crippen LogP contribution in [0.5, 0.6) is 0 Å². The van der Waals surface area contributed by atoms with Crippen molar-refractivity contribution in [2.45, 2.75) is 96.8 Å². The summed E-state index contributed by atoms with van der Waals surface area (Å²) < 4.78 is 28.4. The van der Waals surface area contributed by atoms with Crippen molar-refractivity contribution in [2.24, 2.45) is 23.7 Å². The quantitative estimate of drug-likeness (QED) is 0.423. The van der Waals surface area contributed by atoms with Crippen LogP contribution < -0.4 is 0 Å². The lowest BCUT2D eigenvalue weighted by Gasteiger charge is -2.39. The van der Waals surface area contributed by atoms with E-state index < -0.39 is 11.6 Å². The van der Waals surface area contributed by atoms with E-state index in [0.717, 1.165) is 49.4 Å². The predicted molar refractivity (Wildman–Crippen MR) is 115 cm³/mol. The van der Waals surface area contributed by atoms with Gasteiger partial charge in [-0.3, -0.25) is 0 Å². The van der Waals surface area contributed by atoms with Crippen LogP contribution in [-0.2, 0) is 0 Å². The molecule has 160 valence electrons. The Labute approximate surface area is 175 Å². The highest BCUT2D eigenvalue weighted by Crippen LogP contribution is 2.45. The number of nitriles is 1. The molecule has 0 aromatic heterocycles. The molecule has 0 spiro atoms. The first-order valence-electron chi connectivity index (χ1n) is 11.9. The molecule has 2 fully saturated rings. The zero-order valence-electron chi connectivity index (χ0n) is 18.2. The lowest BCUT2D eigenvalue weighted by Crippen LogP contribution is -2.28. The van der Waals surface area contributed by atoms with E-state index in [0.29, 0.717) is 5.56 Å². The zero-order valence-corrected chi connectivity index (χ0v) is 18.2. The van der Waals surface area contributed by atoms with Gasteiger partial charge in [0.15, 0.2) is 11.6 Å². The minimum absolute atomic E-state index is 0.0926. The Morgan fingerprint density at radius 1 is 0.931 bits per heavy atom. The van der Waals surface area contributed by atoms with Gasteiger partial charge in [0.2, 0.25) is 0 Å². The fourth-order valence-electron chi connectivity index (χ4n) is 5.99. The minimum Gasteiger partial charge on any atom is -0.203 e. The van der Waals surface area contributed by atoms with E-state index in [-0.39, 0.29) is 11.5 Å². The smallest absolute Gasteiger partial charge is 0.176 e. The van der Waals surface area contributed by atoms with Gasteiger partial charge in [-0.25, -0.2) is 8.78 Å². The maximum atomic E-state index is 14.4. The molecule has 0 amide bonds. The molecule has 0 aliphatic heterocycles. The zero-order chi connectivity index (χ0) is 20.8. The van der Waals surface area contributed by atoms with Crippen LogP contribution in [0.25, 0.3) is 0 Å². The van der Waals surface area contributed by atoms with Crippen molar-refractivity contribution < 1.29 is 8.78 Å². The SMILES string of the molecule is CCCCCC1CCC(C(C)[C@H]2CC[C@H](c3ccc(C#N)c(F)c3F)CC2)CC1. The van der Waals surface area contributed by atoms with Crippen LogP contribution in [0.1, 0.15) is 108 Å². The molecule has 2 aliphatic carbocycles. The average molecular weight is 402 g/mol. The molecule has 1 aromatic rings. The van der Waals surface area contributed by atoms with E-state index in [1.165, 1.54) is 57.4 Å². The van der Waals surface area contributed by atoms with Crippen molar-refractivity contribution >= 4 is 0 Å². The number of rotatable bonds is 7. The average Bonchev–Trinajstić information content (AvgIpc) is 2.76. The highest BCUT2D eigenvalue weighted by molar-refractivity contribution is 5.36. The van der Waals surface area contributed by atoms with Crippen LogP contribution in [-0.4, -0.2) is 0 Å². The molecule has 0 bridgehead atoms. The van der Waals surface area contributed by atoms with E-state index in [1.807, 2.05) is 0 Å². The Morgan fingerprint density at radius 2 is 1.55 bits per heavy atom. The van der Waals surface area contributed by atoms with Crippen LogP contribution in [0.2, 0.25) is 0 Å². The number of halogens is 2. The number of hydrogen-bond donors (Lipinski definition) is 0. The van der Waals surface area contributed by atoms with Crippen LogP contribution in [0, 0.1) is 46.6 Å². The summed E-state index contributed by atoms with van der Waals surface area (Å²) in [4.78, 5) is 0. The predicted octanol–water partition coefficient (Wildman–Crippen LogP) is 8.13. The van der Waals surface area contributed by atoms with Crippen molar-refractivity contribution in [1.29, 1.82) is 5.26 Å². The summed E-state index contributed by atoms with van der Waals surface area (Å²) in [6.07, 6.45) is 15.2. The van der Waals surface area contributed by atoms with Gasteiger partial charge < -0.3 is 0 Å². The van der Waals surface area contributed by atoms with Gasteiger partial charge in [-0.2, -0.15) is 5.26 Å². The van der Waals surface area contributed by atoms with Gasteiger partial charge in [0.25, 0.3) is 0 Å². The number of benzene rings is 1. The van der Waals surface area contributed by atoms with Gasteiger partial charge in [-0.15, -0.1) is 0 Å². The van der Waals surface area contributed by atoms with Gasteiger partial charge in [-0.05, 0) is 79.7 Å². The largest absolute Gasteiger partial charge is 0.203 e. The second-order valence-corrected chi connectivity index (χ2v) is 9.69. The lowest BCUT2D eigenvalue weighted by atomic mass is 9.66. The third-order valence-electron chi connectivity index (χ3n) is 8.04. The van der Waals surface area contributed by atoms with Crippen LogP contribution >= 0.6 is 0 Å². The standard InChI is InChI=1S/C26H37F2N/c1-3-4-5-6-19-7-9-20(10-8-19)18(2)21-11-13-22(14-12-21)24-16-15-23(17-29)25(27)26(24)28/h15-16,18-22H,3-14H2,1-2H3/t18?,19?,20?,21-,22-. The first kappa shape index (κ1) is 22.3. The van der Waals surface area contributed by atoms with Crippen molar-refractivity contribution in [3.05, 3.63) is 34.9 Å². The molecule has 3 rings (SSSR count). The molecule has 1 nitrogen and oxygen atoms in total. The minimum atomic E-state index is -0.976. The molecule has 3 heteroatoms. The molecule has 1 unspecified atom stereocenters. The van der Waals surface area contributed by atoms with Crippen molar-refractivity contribution in [2.75, 3.05) is 0 Å². The third-order valence-corrected chi connectivity index (χ3v) is 8.04. The Morgan fingerprint density at radius 3 is 2.14 bits per heavy atom. The van der Waals surface area contributed by atoms with Crippen molar-refractivity contribution in [3.8, 4) is 6.07 Å². The Bertz CT molecular complexity index is 691. The van der Waals surface area contributed by atoms with E-state index >= 15 is 0 Å². The normalized spacial score (nSPS) is 28.7. The molecular weight excluding hydrogens is 364 g/mol. The molecule has 1 atom stereocenters. The fourth-order valence-corrected chi connectivity index (χ4v) is 5.99. The van der Waals surface area contributed by atoms with Gasteiger partial charge in [0, 0.05) is 0 Å². The van der Waals surface area contributed by atoms with Crippen LogP contribution in [0.4, 0.5) is 8.78 Å². The number of unbranched alkanes of at least 4 members (excludes halogenated alkanes) is 2. The van der Waals surface area contributed by atoms with Gasteiger partial charge >= 0.3 is 0 Å². The first-order valence-corrected chi connectivity index (χ1v) is 11.9. The third kappa shape index (κ3) is 5.39. The van der Waals surface area contributed by atoms with Crippen molar-refractivity contribution in [3.63, 3.8) is 0 Å². The molecule has 29 heavy (non-hydrogen) atoms. The van der Waals surface area contributed by atoms with Gasteiger partial charge in [0.1, 0.15) is 6.07 Å². The van der Waals surface area contributed by atoms with Crippen LogP contribution in [0.15, 0.2) is 12.1 Å². The molecular formula is C26H37F2N. The van der Waals surface area contributed by atoms with E-state index in [9.17, 15) is 8.78 Å². The van der Waals surface area contributed by atoms with Crippen LogP contribution in [0.3, 0.4) is 0 Å². The highest BCUT2D eigenvalue weighted by Gasteiger charge is 2.33. The summed E-state index contributed by atoms with van der Waals surface area (Å²) in [5.74, 6) is 1.58. The summed E-state index contributed by atoms with van der Waals surface area (Å²) in [6.45, 7) is 4.72. The highest BCUT2D eigenvalue weighted by atomic mass is 19.2. The Balaban J connectivity index is 1.49. The van der Waals surface area contributed by atoms with Crippen molar-refractivity contribution in [1.82, 2.24) is 0 Å². The maximum absolute atomic E-state index is 14.4. The maximum Gasteiger partial charge on any atom is 0.176 e. The molecule has 2 aliphatic rings. The summed E-state index contributed by atoms with van der Waals surface area (Å²) in [7, 11) is 0. The summed E-state index contributed by atoms with van der Waals surface area (Å²) in [5, 5.41) is 8.88. The number of nitrogens with zero attached hydrogens (tertiary/aromatic N) is 1. The summed E-state index contributed by atoms with van der Waals surface area (Å²) in [5.41, 5.74) is 0.277. The molecule has 0 radical (unpaired) electrons. The lowest BCUT2D eigenvalue weighted by molar-refractivity contribution is 0.131. The molecule has 0 heterocycles. The summed E-state index contributed by atoms with van der Waals surface area (Å²) in [6, 6.07) is 4.79. The topological polar surface area (TPSA) is 23.8 Å². The molecule has 0 saturated heterocycles. The first-order chi connectivity index (χ1) is 14.0. The second kappa shape index (κ2) is 10.6. The van der Waals surface area contributed by atoms with E-state index in [4.69, 9.17) is 5.26 Å². The second-order valence-electron chi connectivity index (χ2n) is 9.69. The Kier molecular flexibility index (Phi) is 8.10. The molecule has 1 aromatic carbocycles. The number of hydrogen-bond acceptors (Lipinski definition) is 1. The van der Waals surface area contributed by atoms with E-state index in [2.05, 4.69) is 13.8 Å². The fraction of sp³-hybridized carbons (Fsp3) is 0.731. The molecule has 0 N–H and O–H groups in total. The van der Waals surface area contributed by atoms with Gasteiger partial charge in [-0.1, -0.05) is 58.4 Å². The molecule has 2 saturated carbocycles. The van der Waals surface area contributed by atoms with E-state index in [1.54, 1.807) is 12.1 Å².